The Hall–Kier alpha value is -1.39. The van der Waals surface area contributed by atoms with Gasteiger partial charge in [-0.05, 0) is 49.9 Å². The van der Waals surface area contributed by atoms with Crippen LogP contribution in [0.1, 0.15) is 42.0 Å². The molecular weight excluding hydrogens is 273 g/mol. The largest absolute Gasteiger partial charge is 0.389 e. The summed E-state index contributed by atoms with van der Waals surface area (Å²) in [6.45, 7) is 5.52. The fourth-order valence-corrected chi connectivity index (χ4v) is 3.08. The Balaban J connectivity index is 2.43. The number of hydrogen-bond acceptors (Lipinski definition) is 3. The average molecular weight is 293 g/mol. The first-order chi connectivity index (χ1) is 9.41. The normalized spacial score (nSPS) is 14.1. The van der Waals surface area contributed by atoms with E-state index in [1.54, 1.807) is 25.2 Å². The molecule has 0 aliphatic rings. The first-order valence-electron chi connectivity index (χ1n) is 6.66. The topological polar surface area (TPSA) is 23.5 Å². The third kappa shape index (κ3) is 2.86. The van der Waals surface area contributed by atoms with Gasteiger partial charge in [-0.2, -0.15) is 0 Å². The third-order valence-corrected chi connectivity index (χ3v) is 4.72. The molecule has 2 rings (SSSR count). The lowest BCUT2D eigenvalue weighted by Gasteiger charge is -2.29. The van der Waals surface area contributed by atoms with Gasteiger partial charge in [0.15, 0.2) is 0 Å². The molecule has 0 aliphatic heterocycles. The van der Waals surface area contributed by atoms with Gasteiger partial charge in [0.05, 0.1) is 12.1 Å². The van der Waals surface area contributed by atoms with Gasteiger partial charge in [0.2, 0.25) is 0 Å². The van der Waals surface area contributed by atoms with E-state index < -0.39 is 6.10 Å². The van der Waals surface area contributed by atoms with Gasteiger partial charge in [-0.15, -0.1) is 11.3 Å². The van der Waals surface area contributed by atoms with E-state index in [2.05, 4.69) is 17.9 Å². The third-order valence-electron chi connectivity index (χ3n) is 3.67. The van der Waals surface area contributed by atoms with Crippen molar-refractivity contribution in [3.63, 3.8) is 0 Å². The molecule has 0 amide bonds. The van der Waals surface area contributed by atoms with Crippen LogP contribution < -0.4 is 4.90 Å². The molecule has 4 heteroatoms. The summed E-state index contributed by atoms with van der Waals surface area (Å²) in [6.07, 6.45) is -0.696. The number of hydrogen-bond donors (Lipinski definition) is 1. The second-order valence-corrected chi connectivity index (χ2v) is 6.12. The Kier molecular flexibility index (Phi) is 4.45. The van der Waals surface area contributed by atoms with E-state index >= 15 is 0 Å². The van der Waals surface area contributed by atoms with E-state index in [0.29, 0.717) is 11.1 Å². The molecule has 108 valence electrons. The van der Waals surface area contributed by atoms with Crippen LogP contribution in [0.5, 0.6) is 0 Å². The van der Waals surface area contributed by atoms with Crippen molar-refractivity contribution in [3.8, 4) is 0 Å². The smallest absolute Gasteiger partial charge is 0.126 e. The fourth-order valence-electron chi connectivity index (χ4n) is 2.25. The molecule has 2 nitrogen and oxygen atoms in total. The predicted octanol–water partition coefficient (Wildman–Crippen LogP) is 4.45. The van der Waals surface area contributed by atoms with Gasteiger partial charge in [0.1, 0.15) is 5.82 Å². The molecule has 0 aliphatic carbocycles. The van der Waals surface area contributed by atoms with Gasteiger partial charge in [-0.1, -0.05) is 6.07 Å². The summed E-state index contributed by atoms with van der Waals surface area (Å²) in [4.78, 5) is 3.33. The maximum atomic E-state index is 13.7. The number of nitrogens with zero attached hydrogens (tertiary/aromatic N) is 1. The van der Waals surface area contributed by atoms with Crippen LogP contribution in [-0.2, 0) is 0 Å². The molecule has 1 N–H and O–H groups in total. The highest BCUT2D eigenvalue weighted by Crippen LogP contribution is 2.34. The van der Waals surface area contributed by atoms with E-state index in [0.717, 1.165) is 5.69 Å². The van der Waals surface area contributed by atoms with Gasteiger partial charge in [-0.3, -0.25) is 0 Å². The lowest BCUT2D eigenvalue weighted by molar-refractivity contribution is 0.199. The maximum Gasteiger partial charge on any atom is 0.126 e. The Morgan fingerprint density at radius 3 is 2.55 bits per heavy atom. The lowest BCUT2D eigenvalue weighted by atomic mass is 10.0. The minimum atomic E-state index is -0.696. The Labute approximate surface area is 123 Å². The molecule has 20 heavy (non-hydrogen) atoms. The van der Waals surface area contributed by atoms with Crippen molar-refractivity contribution in [2.45, 2.75) is 32.9 Å². The van der Waals surface area contributed by atoms with E-state index in [1.807, 2.05) is 24.6 Å². The second kappa shape index (κ2) is 5.94. The van der Waals surface area contributed by atoms with Gasteiger partial charge in [0, 0.05) is 23.2 Å². The van der Waals surface area contributed by atoms with Crippen LogP contribution >= 0.6 is 11.3 Å². The molecule has 1 heterocycles. The average Bonchev–Trinajstić information content (AvgIpc) is 2.93. The number of rotatable bonds is 4. The minimum absolute atomic E-state index is 0.178. The van der Waals surface area contributed by atoms with Gasteiger partial charge in [0.25, 0.3) is 0 Å². The number of anilines is 1. The maximum absolute atomic E-state index is 13.7. The van der Waals surface area contributed by atoms with Gasteiger partial charge in [-0.25, -0.2) is 4.39 Å². The molecule has 1 aromatic heterocycles. The molecule has 2 atom stereocenters. The standard InChI is InChI=1S/C16H20FNOS/c1-10-8-15(13(12(3)19)9-14(10)17)18(4)11(2)16-6-5-7-20-16/h5-9,11-12,19H,1-4H3. The van der Waals surface area contributed by atoms with E-state index in [-0.39, 0.29) is 11.9 Å². The number of halogens is 1. The zero-order valence-corrected chi connectivity index (χ0v) is 13.0. The van der Waals surface area contributed by atoms with Crippen molar-refractivity contribution in [1.29, 1.82) is 0 Å². The summed E-state index contributed by atoms with van der Waals surface area (Å²) >= 11 is 1.70. The fraction of sp³-hybridized carbons (Fsp3) is 0.375. The number of aliphatic hydroxyl groups excluding tert-OH is 1. The van der Waals surface area contributed by atoms with Crippen LogP contribution in [0.4, 0.5) is 10.1 Å². The molecule has 0 spiro atoms. The highest BCUT2D eigenvalue weighted by atomic mass is 32.1. The Morgan fingerprint density at radius 2 is 2.00 bits per heavy atom. The molecule has 0 saturated carbocycles. The number of thiophene rings is 1. The summed E-state index contributed by atoms with van der Waals surface area (Å²) in [5, 5.41) is 11.9. The molecule has 0 fully saturated rings. The first-order valence-corrected chi connectivity index (χ1v) is 7.54. The van der Waals surface area contributed by atoms with Crippen LogP contribution in [-0.4, -0.2) is 12.2 Å². The monoisotopic (exact) mass is 293 g/mol. The van der Waals surface area contributed by atoms with Crippen molar-refractivity contribution in [3.05, 3.63) is 51.5 Å². The van der Waals surface area contributed by atoms with Gasteiger partial charge < -0.3 is 10.0 Å². The van der Waals surface area contributed by atoms with Crippen LogP contribution in [0, 0.1) is 12.7 Å². The van der Waals surface area contributed by atoms with Crippen molar-refractivity contribution >= 4 is 17.0 Å². The minimum Gasteiger partial charge on any atom is -0.389 e. The SMILES string of the molecule is Cc1cc(N(C)C(C)c2cccs2)c(C(C)O)cc1F. The Morgan fingerprint density at radius 1 is 1.30 bits per heavy atom. The van der Waals surface area contributed by atoms with E-state index in [9.17, 15) is 9.50 Å². The van der Waals surface area contributed by atoms with E-state index in [1.165, 1.54) is 10.9 Å². The summed E-state index contributed by atoms with van der Waals surface area (Å²) in [5.41, 5.74) is 2.09. The summed E-state index contributed by atoms with van der Waals surface area (Å²) in [7, 11) is 1.98. The summed E-state index contributed by atoms with van der Waals surface area (Å²) in [5.74, 6) is -0.276. The number of benzene rings is 1. The number of aliphatic hydroxyl groups is 1. The van der Waals surface area contributed by atoms with E-state index in [4.69, 9.17) is 0 Å². The zero-order valence-electron chi connectivity index (χ0n) is 12.2. The molecule has 2 aromatic rings. The molecule has 2 unspecified atom stereocenters. The number of aryl methyl sites for hydroxylation is 1. The quantitative estimate of drug-likeness (QED) is 0.900. The van der Waals surface area contributed by atoms with Crippen molar-refractivity contribution in [2.75, 3.05) is 11.9 Å². The molecule has 1 aromatic carbocycles. The van der Waals surface area contributed by atoms with Gasteiger partial charge >= 0.3 is 0 Å². The highest BCUT2D eigenvalue weighted by molar-refractivity contribution is 7.10. The second-order valence-electron chi connectivity index (χ2n) is 5.14. The molecule has 0 bridgehead atoms. The first kappa shape index (κ1) is 15.0. The molecule has 0 saturated heterocycles. The highest BCUT2D eigenvalue weighted by Gasteiger charge is 2.19. The zero-order chi connectivity index (χ0) is 14.9. The molecule has 0 radical (unpaired) electrons. The molecular formula is C16H20FNOS. The summed E-state index contributed by atoms with van der Waals surface area (Å²) in [6, 6.07) is 7.53. The Bertz CT molecular complexity index is 580. The predicted molar refractivity (Wildman–Crippen MR) is 82.9 cm³/mol. The van der Waals surface area contributed by atoms with Crippen LogP contribution in [0.15, 0.2) is 29.6 Å². The summed E-state index contributed by atoms with van der Waals surface area (Å²) < 4.78 is 13.7. The van der Waals surface area contributed by atoms with Crippen molar-refractivity contribution in [1.82, 2.24) is 0 Å². The van der Waals surface area contributed by atoms with Crippen LogP contribution in [0.25, 0.3) is 0 Å². The van der Waals surface area contributed by atoms with Crippen LogP contribution in [0.2, 0.25) is 0 Å². The lowest BCUT2D eigenvalue weighted by Crippen LogP contribution is -2.23. The van der Waals surface area contributed by atoms with Crippen molar-refractivity contribution < 1.29 is 9.50 Å². The van der Waals surface area contributed by atoms with Crippen molar-refractivity contribution in [2.24, 2.45) is 0 Å². The van der Waals surface area contributed by atoms with Crippen LogP contribution in [0.3, 0.4) is 0 Å².